The van der Waals surface area contributed by atoms with Gasteiger partial charge in [0, 0.05) is 6.54 Å². The molecule has 2 rings (SSSR count). The molecule has 0 fully saturated rings. The van der Waals surface area contributed by atoms with Crippen molar-refractivity contribution in [3.63, 3.8) is 0 Å². The lowest BCUT2D eigenvalue weighted by molar-refractivity contribution is 0.0600. The summed E-state index contributed by atoms with van der Waals surface area (Å²) in [4.78, 5) is 11.6. The largest absolute Gasteiger partial charge is 0.465 e. The van der Waals surface area contributed by atoms with Crippen molar-refractivity contribution in [2.45, 2.75) is 24.7 Å². The molecule has 0 aliphatic rings. The number of ether oxygens (including phenoxy) is 1. The predicted octanol–water partition coefficient (Wildman–Crippen LogP) is 2.69. The molecule has 0 radical (unpaired) electrons. The average Bonchev–Trinajstić information content (AvgIpc) is 2.59. The van der Waals surface area contributed by atoms with Crippen LogP contribution in [0.4, 0.5) is 0 Å². The van der Waals surface area contributed by atoms with Gasteiger partial charge in [0.05, 0.1) is 17.6 Å². The van der Waals surface area contributed by atoms with Crippen molar-refractivity contribution < 1.29 is 17.9 Å². The summed E-state index contributed by atoms with van der Waals surface area (Å²) in [6.45, 7) is 2.36. The van der Waals surface area contributed by atoms with Gasteiger partial charge in [-0.05, 0) is 43.5 Å². The van der Waals surface area contributed by atoms with E-state index in [2.05, 4.69) is 9.46 Å². The van der Waals surface area contributed by atoms with Gasteiger partial charge in [0.15, 0.2) is 0 Å². The fourth-order valence-corrected chi connectivity index (χ4v) is 3.36. The van der Waals surface area contributed by atoms with Gasteiger partial charge in [0.25, 0.3) is 0 Å². The highest BCUT2D eigenvalue weighted by atomic mass is 32.2. The smallest absolute Gasteiger partial charge is 0.337 e. The molecule has 5 nitrogen and oxygen atoms in total. The van der Waals surface area contributed by atoms with Gasteiger partial charge in [-0.2, -0.15) is 0 Å². The van der Waals surface area contributed by atoms with Gasteiger partial charge in [-0.3, -0.25) is 0 Å². The molecule has 0 aromatic heterocycles. The number of esters is 1. The lowest BCUT2D eigenvalue weighted by Gasteiger charge is -2.08. The van der Waals surface area contributed by atoms with Gasteiger partial charge in [-0.1, -0.05) is 35.9 Å². The number of nitrogens with one attached hydrogen (secondary N) is 1. The number of carbonyl (C=O) groups excluding carboxylic acids is 1. The van der Waals surface area contributed by atoms with Crippen molar-refractivity contribution in [2.24, 2.45) is 0 Å². The molecule has 0 heterocycles. The summed E-state index contributed by atoms with van der Waals surface area (Å²) in [5.74, 6) is -0.563. The van der Waals surface area contributed by atoms with Crippen LogP contribution in [-0.4, -0.2) is 28.0 Å². The van der Waals surface area contributed by atoms with E-state index < -0.39 is 16.0 Å². The van der Waals surface area contributed by atoms with Crippen LogP contribution in [0.3, 0.4) is 0 Å². The number of hydrogen-bond donors (Lipinski definition) is 1. The summed E-state index contributed by atoms with van der Waals surface area (Å²) in [6.07, 6.45) is 1.49. The van der Waals surface area contributed by atoms with Crippen LogP contribution < -0.4 is 4.72 Å². The highest BCUT2D eigenvalue weighted by molar-refractivity contribution is 7.89. The highest BCUT2D eigenvalue weighted by Gasteiger charge is 2.15. The summed E-state index contributed by atoms with van der Waals surface area (Å²) in [5, 5.41) is 0. The first kappa shape index (κ1) is 18.2. The quantitative estimate of drug-likeness (QED) is 0.617. The average molecular weight is 347 g/mol. The second-order valence-corrected chi connectivity index (χ2v) is 7.27. The molecule has 0 amide bonds. The van der Waals surface area contributed by atoms with E-state index in [1.807, 2.05) is 31.2 Å². The monoisotopic (exact) mass is 347 g/mol. The summed E-state index contributed by atoms with van der Waals surface area (Å²) in [7, 11) is -2.39. The fraction of sp³-hybridized carbons (Fsp3) is 0.278. The van der Waals surface area contributed by atoms with Crippen LogP contribution in [0.25, 0.3) is 0 Å². The van der Waals surface area contributed by atoms with Gasteiger partial charge < -0.3 is 4.74 Å². The third-order valence-electron chi connectivity index (χ3n) is 3.62. The van der Waals surface area contributed by atoms with Gasteiger partial charge in [0.2, 0.25) is 10.0 Å². The number of benzene rings is 2. The van der Waals surface area contributed by atoms with Crippen molar-refractivity contribution in [2.75, 3.05) is 13.7 Å². The summed E-state index contributed by atoms with van der Waals surface area (Å²) < 4.78 is 31.7. The maximum Gasteiger partial charge on any atom is 0.337 e. The fourth-order valence-electron chi connectivity index (χ4n) is 2.25. The number of methoxy groups -OCH3 is 1. The maximum atomic E-state index is 12.3. The summed E-state index contributed by atoms with van der Waals surface area (Å²) >= 11 is 0. The molecule has 24 heavy (non-hydrogen) atoms. The SMILES string of the molecule is COC(=O)c1cccc(S(=O)(=O)NCCCc2ccc(C)cc2)c1. The third kappa shape index (κ3) is 4.91. The standard InChI is InChI=1S/C18H21NO4S/c1-14-8-10-15(11-9-14)5-4-12-19-24(21,22)17-7-3-6-16(13-17)18(20)23-2/h3,6-11,13,19H,4-5,12H2,1-2H3. The molecule has 2 aromatic rings. The number of rotatable bonds is 7. The molecule has 0 saturated heterocycles. The van der Waals surface area contributed by atoms with E-state index in [0.717, 1.165) is 6.42 Å². The first-order valence-electron chi connectivity index (χ1n) is 7.66. The van der Waals surface area contributed by atoms with Crippen molar-refractivity contribution in [1.82, 2.24) is 4.72 Å². The second-order valence-electron chi connectivity index (χ2n) is 5.51. The zero-order valence-corrected chi connectivity index (χ0v) is 14.6. The van der Waals surface area contributed by atoms with Crippen molar-refractivity contribution in [3.05, 3.63) is 65.2 Å². The molecule has 0 aliphatic heterocycles. The Balaban J connectivity index is 1.93. The molecule has 128 valence electrons. The van der Waals surface area contributed by atoms with E-state index >= 15 is 0 Å². The Morgan fingerprint density at radius 3 is 2.50 bits per heavy atom. The van der Waals surface area contributed by atoms with E-state index in [1.54, 1.807) is 0 Å². The lowest BCUT2D eigenvalue weighted by Crippen LogP contribution is -2.25. The first-order chi connectivity index (χ1) is 11.4. The molecule has 2 aromatic carbocycles. The predicted molar refractivity (Wildman–Crippen MR) is 92.5 cm³/mol. The Hall–Kier alpha value is -2.18. The maximum absolute atomic E-state index is 12.3. The van der Waals surface area contributed by atoms with Crippen LogP contribution in [0.5, 0.6) is 0 Å². The second kappa shape index (κ2) is 8.08. The van der Waals surface area contributed by atoms with E-state index in [-0.39, 0.29) is 10.5 Å². The number of aryl methyl sites for hydroxylation is 2. The molecular weight excluding hydrogens is 326 g/mol. The van der Waals surface area contributed by atoms with Crippen molar-refractivity contribution >= 4 is 16.0 Å². The Kier molecular flexibility index (Phi) is 6.11. The van der Waals surface area contributed by atoms with Crippen molar-refractivity contribution in [3.8, 4) is 0 Å². The summed E-state index contributed by atoms with van der Waals surface area (Å²) in [6, 6.07) is 14.0. The molecule has 0 unspecified atom stereocenters. The van der Waals surface area contributed by atoms with Gasteiger partial charge in [-0.15, -0.1) is 0 Å². The molecule has 0 spiro atoms. The van der Waals surface area contributed by atoms with Crippen LogP contribution in [0, 0.1) is 6.92 Å². The highest BCUT2D eigenvalue weighted by Crippen LogP contribution is 2.12. The van der Waals surface area contributed by atoms with Crippen LogP contribution >= 0.6 is 0 Å². The van der Waals surface area contributed by atoms with Gasteiger partial charge in [-0.25, -0.2) is 17.9 Å². The Morgan fingerprint density at radius 2 is 1.83 bits per heavy atom. The van der Waals surface area contributed by atoms with Crippen LogP contribution in [-0.2, 0) is 21.2 Å². The minimum atomic E-state index is -3.64. The first-order valence-corrected chi connectivity index (χ1v) is 9.14. The molecule has 0 aliphatic carbocycles. The zero-order chi connectivity index (χ0) is 17.6. The Morgan fingerprint density at radius 1 is 1.12 bits per heavy atom. The molecule has 0 saturated carbocycles. The van der Waals surface area contributed by atoms with Crippen molar-refractivity contribution in [1.29, 1.82) is 0 Å². The molecule has 0 bridgehead atoms. The topological polar surface area (TPSA) is 72.5 Å². The molecular formula is C18H21NO4S. The van der Waals surface area contributed by atoms with Gasteiger partial charge in [0.1, 0.15) is 0 Å². The van der Waals surface area contributed by atoms with Crippen LogP contribution in [0.1, 0.15) is 27.9 Å². The number of carbonyl (C=O) groups is 1. The molecule has 1 N–H and O–H groups in total. The Labute approximate surface area is 142 Å². The van der Waals surface area contributed by atoms with E-state index in [1.165, 1.54) is 42.5 Å². The lowest BCUT2D eigenvalue weighted by atomic mass is 10.1. The van der Waals surface area contributed by atoms with E-state index in [4.69, 9.17) is 0 Å². The minimum absolute atomic E-state index is 0.0562. The van der Waals surface area contributed by atoms with E-state index in [0.29, 0.717) is 13.0 Å². The van der Waals surface area contributed by atoms with Crippen LogP contribution in [0.15, 0.2) is 53.4 Å². The molecule has 6 heteroatoms. The van der Waals surface area contributed by atoms with Crippen LogP contribution in [0.2, 0.25) is 0 Å². The summed E-state index contributed by atoms with van der Waals surface area (Å²) in [5.41, 5.74) is 2.58. The van der Waals surface area contributed by atoms with E-state index in [9.17, 15) is 13.2 Å². The zero-order valence-electron chi connectivity index (χ0n) is 13.8. The Bertz CT molecular complexity index is 798. The minimum Gasteiger partial charge on any atom is -0.465 e. The number of hydrogen-bond acceptors (Lipinski definition) is 4. The van der Waals surface area contributed by atoms with Gasteiger partial charge >= 0.3 is 5.97 Å². The third-order valence-corrected chi connectivity index (χ3v) is 5.08. The number of sulfonamides is 1. The normalized spacial score (nSPS) is 11.2. The molecule has 0 atom stereocenters.